The number of ether oxygens (including phenoxy) is 2. The summed E-state index contributed by atoms with van der Waals surface area (Å²) in [6, 6.07) is 11.9. The van der Waals surface area contributed by atoms with E-state index >= 15 is 0 Å². The van der Waals surface area contributed by atoms with E-state index in [1.54, 1.807) is 30.3 Å². The first-order valence-corrected chi connectivity index (χ1v) is 9.23. The van der Waals surface area contributed by atoms with Crippen molar-refractivity contribution in [3.63, 3.8) is 0 Å². The topological polar surface area (TPSA) is 132 Å². The zero-order valence-corrected chi connectivity index (χ0v) is 16.8. The zero-order valence-electron chi connectivity index (χ0n) is 16.8. The first kappa shape index (κ1) is 22.4. The number of benzene rings is 2. The van der Waals surface area contributed by atoms with Gasteiger partial charge in [0.25, 0.3) is 17.7 Å². The molecule has 0 fully saturated rings. The first-order valence-electron chi connectivity index (χ1n) is 9.23. The smallest absolute Gasteiger partial charge is 0.259 e. The van der Waals surface area contributed by atoms with Crippen molar-refractivity contribution in [3.8, 4) is 11.5 Å². The maximum Gasteiger partial charge on any atom is 0.259 e. The Morgan fingerprint density at radius 3 is 2.47 bits per heavy atom. The minimum absolute atomic E-state index is 0.214. The van der Waals surface area contributed by atoms with Gasteiger partial charge in [0.05, 0.1) is 19.4 Å². The first-order chi connectivity index (χ1) is 14.4. The fourth-order valence-electron chi connectivity index (χ4n) is 2.33. The number of carbonyl (C=O) groups is 3. The van der Waals surface area contributed by atoms with Gasteiger partial charge in [0, 0.05) is 5.56 Å². The minimum atomic E-state index is -0.597. The van der Waals surface area contributed by atoms with Crippen molar-refractivity contribution >= 4 is 23.9 Å². The largest absolute Gasteiger partial charge is 0.490 e. The third-order valence-electron chi connectivity index (χ3n) is 3.76. The monoisotopic (exact) mass is 412 g/mol. The average Bonchev–Trinajstić information content (AvgIpc) is 2.72. The molecule has 2 aromatic carbocycles. The fourth-order valence-corrected chi connectivity index (χ4v) is 2.33. The summed E-state index contributed by atoms with van der Waals surface area (Å²) in [5.74, 6) is -0.629. The molecule has 3 amide bonds. The molecule has 0 unspecified atom stereocenters. The van der Waals surface area contributed by atoms with Gasteiger partial charge < -0.3 is 20.5 Å². The molecule has 0 saturated heterocycles. The Morgan fingerprint density at radius 1 is 1.07 bits per heavy atom. The van der Waals surface area contributed by atoms with Crippen LogP contribution in [0, 0.1) is 6.92 Å². The molecular formula is C21H24N4O5. The third kappa shape index (κ3) is 7.27. The summed E-state index contributed by atoms with van der Waals surface area (Å²) in [5.41, 5.74) is 9.56. The van der Waals surface area contributed by atoms with Gasteiger partial charge in [-0.05, 0) is 49.7 Å². The van der Waals surface area contributed by atoms with Crippen molar-refractivity contribution in [1.29, 1.82) is 0 Å². The molecule has 0 aliphatic heterocycles. The van der Waals surface area contributed by atoms with E-state index < -0.39 is 11.8 Å². The van der Waals surface area contributed by atoms with E-state index in [4.69, 9.17) is 15.2 Å². The Morgan fingerprint density at radius 2 is 1.80 bits per heavy atom. The van der Waals surface area contributed by atoms with Crippen LogP contribution < -0.4 is 25.9 Å². The summed E-state index contributed by atoms with van der Waals surface area (Å²) >= 11 is 0. The van der Waals surface area contributed by atoms with Gasteiger partial charge in [-0.1, -0.05) is 17.7 Å². The van der Waals surface area contributed by atoms with E-state index in [2.05, 4.69) is 15.8 Å². The van der Waals surface area contributed by atoms with Crippen LogP contribution in [0.25, 0.3) is 0 Å². The van der Waals surface area contributed by atoms with Crippen LogP contribution in [-0.2, 0) is 9.59 Å². The highest BCUT2D eigenvalue weighted by Gasteiger charge is 2.09. The summed E-state index contributed by atoms with van der Waals surface area (Å²) in [5, 5.41) is 6.39. The van der Waals surface area contributed by atoms with E-state index in [0.29, 0.717) is 29.2 Å². The molecule has 30 heavy (non-hydrogen) atoms. The second-order valence-corrected chi connectivity index (χ2v) is 6.24. The zero-order chi connectivity index (χ0) is 21.9. The molecule has 0 heterocycles. The quantitative estimate of drug-likeness (QED) is 0.398. The molecule has 4 N–H and O–H groups in total. The molecule has 0 radical (unpaired) electrons. The second kappa shape index (κ2) is 11.2. The second-order valence-electron chi connectivity index (χ2n) is 6.24. The predicted octanol–water partition coefficient (Wildman–Crippen LogP) is 1.14. The average molecular weight is 412 g/mol. The maximum atomic E-state index is 12.0. The molecule has 0 aliphatic rings. The molecule has 0 aromatic heterocycles. The highest BCUT2D eigenvalue weighted by molar-refractivity contribution is 5.96. The minimum Gasteiger partial charge on any atom is -0.490 e. The Balaban J connectivity index is 1.88. The highest BCUT2D eigenvalue weighted by Crippen LogP contribution is 2.27. The molecule has 2 rings (SSSR count). The summed E-state index contributed by atoms with van der Waals surface area (Å²) in [4.78, 5) is 34.7. The van der Waals surface area contributed by atoms with Crippen LogP contribution in [-0.4, -0.2) is 43.7 Å². The Hall–Kier alpha value is -3.88. The number of aryl methyl sites for hydroxylation is 1. The molecule has 0 bridgehead atoms. The number of primary amides is 1. The van der Waals surface area contributed by atoms with Gasteiger partial charge in [0.15, 0.2) is 18.1 Å². The molecule has 0 atom stereocenters. The summed E-state index contributed by atoms with van der Waals surface area (Å²) in [7, 11) is 0. The standard InChI is InChI=1S/C21H24N4O5/c1-3-29-18-10-15(6-9-17(18)30-13-19(22)26)11-24-25-20(27)12-23-21(28)16-7-4-14(2)5-8-16/h4-11H,3,12-13H2,1-2H3,(H2,22,26)(H,23,28)(H,25,27). The molecular weight excluding hydrogens is 388 g/mol. The number of amides is 3. The Bertz CT molecular complexity index is 925. The summed E-state index contributed by atoms with van der Waals surface area (Å²) in [6.45, 7) is 3.65. The molecule has 0 saturated carbocycles. The van der Waals surface area contributed by atoms with Crippen LogP contribution in [0.1, 0.15) is 28.4 Å². The van der Waals surface area contributed by atoms with Crippen LogP contribution in [0.4, 0.5) is 0 Å². The van der Waals surface area contributed by atoms with E-state index in [0.717, 1.165) is 5.56 Å². The highest BCUT2D eigenvalue weighted by atomic mass is 16.5. The van der Waals surface area contributed by atoms with Crippen molar-refractivity contribution in [3.05, 3.63) is 59.2 Å². The molecule has 158 valence electrons. The van der Waals surface area contributed by atoms with Gasteiger partial charge in [-0.3, -0.25) is 14.4 Å². The van der Waals surface area contributed by atoms with Crippen LogP contribution >= 0.6 is 0 Å². The lowest BCUT2D eigenvalue weighted by Crippen LogP contribution is -2.34. The predicted molar refractivity (Wildman–Crippen MR) is 112 cm³/mol. The number of hydrogen-bond acceptors (Lipinski definition) is 6. The summed E-state index contributed by atoms with van der Waals surface area (Å²) < 4.78 is 10.8. The normalized spacial score (nSPS) is 10.5. The van der Waals surface area contributed by atoms with E-state index in [1.807, 2.05) is 26.0 Å². The fraction of sp³-hybridized carbons (Fsp3) is 0.238. The number of hydrazone groups is 1. The Labute approximate surface area is 174 Å². The van der Waals surface area contributed by atoms with Crippen LogP contribution in [0.5, 0.6) is 11.5 Å². The number of nitrogens with zero attached hydrogens (tertiary/aromatic N) is 1. The lowest BCUT2D eigenvalue weighted by Gasteiger charge is -2.11. The number of carbonyl (C=O) groups excluding carboxylic acids is 3. The van der Waals surface area contributed by atoms with Gasteiger partial charge in [-0.25, -0.2) is 5.43 Å². The van der Waals surface area contributed by atoms with Gasteiger partial charge in [-0.2, -0.15) is 5.10 Å². The van der Waals surface area contributed by atoms with Crippen molar-refractivity contribution in [1.82, 2.24) is 10.7 Å². The van der Waals surface area contributed by atoms with Crippen molar-refractivity contribution in [2.45, 2.75) is 13.8 Å². The Kier molecular flexibility index (Phi) is 8.37. The van der Waals surface area contributed by atoms with Crippen molar-refractivity contribution < 1.29 is 23.9 Å². The lowest BCUT2D eigenvalue weighted by atomic mass is 10.1. The molecule has 9 heteroatoms. The lowest BCUT2D eigenvalue weighted by molar-refractivity contribution is -0.120. The molecule has 0 aliphatic carbocycles. The number of nitrogens with one attached hydrogen (secondary N) is 2. The third-order valence-corrected chi connectivity index (χ3v) is 3.76. The molecule has 0 spiro atoms. The van der Waals surface area contributed by atoms with E-state index in [-0.39, 0.29) is 19.1 Å². The SMILES string of the molecule is CCOc1cc(C=NNC(=O)CNC(=O)c2ccc(C)cc2)ccc1OCC(N)=O. The van der Waals surface area contributed by atoms with Crippen LogP contribution in [0.3, 0.4) is 0 Å². The van der Waals surface area contributed by atoms with Crippen LogP contribution in [0.2, 0.25) is 0 Å². The van der Waals surface area contributed by atoms with Gasteiger partial charge in [-0.15, -0.1) is 0 Å². The van der Waals surface area contributed by atoms with Crippen molar-refractivity contribution in [2.75, 3.05) is 19.8 Å². The number of nitrogens with two attached hydrogens (primary N) is 1. The summed E-state index contributed by atoms with van der Waals surface area (Å²) in [6.07, 6.45) is 1.42. The number of hydrogen-bond donors (Lipinski definition) is 3. The van der Waals surface area contributed by atoms with E-state index in [1.165, 1.54) is 6.21 Å². The van der Waals surface area contributed by atoms with Gasteiger partial charge in [0.1, 0.15) is 0 Å². The van der Waals surface area contributed by atoms with Gasteiger partial charge >= 0.3 is 0 Å². The van der Waals surface area contributed by atoms with Crippen molar-refractivity contribution in [2.24, 2.45) is 10.8 Å². The number of rotatable bonds is 10. The van der Waals surface area contributed by atoms with E-state index in [9.17, 15) is 14.4 Å². The van der Waals surface area contributed by atoms with Gasteiger partial charge in [0.2, 0.25) is 0 Å². The molecule has 2 aromatic rings. The molecule has 9 nitrogen and oxygen atoms in total. The maximum absolute atomic E-state index is 12.0. The van der Waals surface area contributed by atoms with Crippen LogP contribution in [0.15, 0.2) is 47.6 Å².